The van der Waals surface area contributed by atoms with E-state index in [1.54, 1.807) is 48.4 Å². The number of para-hydroxylation sites is 1. The van der Waals surface area contributed by atoms with Gasteiger partial charge in [0.05, 0.1) is 61.2 Å². The van der Waals surface area contributed by atoms with E-state index in [1.165, 1.54) is 12.1 Å². The molecule has 0 bridgehead atoms. The Labute approximate surface area is 311 Å². The van der Waals surface area contributed by atoms with Crippen LogP contribution in [-0.2, 0) is 20.4 Å². The van der Waals surface area contributed by atoms with Crippen molar-refractivity contribution in [1.29, 1.82) is 0 Å². The van der Waals surface area contributed by atoms with Gasteiger partial charge in [-0.2, -0.15) is 0 Å². The summed E-state index contributed by atoms with van der Waals surface area (Å²) in [5, 5.41) is 11.0. The number of rotatable bonds is 4. The van der Waals surface area contributed by atoms with Crippen LogP contribution in [0.5, 0.6) is 5.75 Å². The van der Waals surface area contributed by atoms with E-state index in [-0.39, 0.29) is 43.4 Å². The quantitative estimate of drug-likeness (QED) is 0.196. The van der Waals surface area contributed by atoms with Crippen molar-refractivity contribution in [3.63, 3.8) is 0 Å². The van der Waals surface area contributed by atoms with Crippen LogP contribution in [-0.4, -0.2) is 54.2 Å². The highest BCUT2D eigenvalue weighted by Crippen LogP contribution is 2.58. The Bertz CT molecular complexity index is 2220. The van der Waals surface area contributed by atoms with Crippen molar-refractivity contribution in [2.75, 3.05) is 37.1 Å². The maximum absolute atomic E-state index is 14.0. The number of aromatic nitrogens is 2. The van der Waals surface area contributed by atoms with Crippen LogP contribution in [0.25, 0.3) is 21.8 Å². The zero-order chi connectivity index (χ0) is 35.1. The number of nitrogens with zero attached hydrogens (tertiary/aromatic N) is 4. The van der Waals surface area contributed by atoms with Crippen LogP contribution in [0.4, 0.5) is 20.2 Å². The lowest BCUT2D eigenvalue weighted by Gasteiger charge is -2.44. The fourth-order valence-corrected chi connectivity index (χ4v) is 9.22. The number of hydrogen-bond acceptors (Lipinski definition) is 6. The SMILES string of the molecule is C.CN1C(=O)C2(CC(CO)C2)c2c1cnc1cc(F)c(Br)cc21.CN1C(=O)C2(CC(COc3ccccc3)C2)c2c1cnc1cc(F)c(Br)cc21. The first-order chi connectivity index (χ1) is 24.0. The molecule has 2 amide bonds. The van der Waals surface area contributed by atoms with E-state index in [4.69, 9.17) is 4.74 Å². The average molecular weight is 823 g/mol. The first kappa shape index (κ1) is 35.4. The summed E-state index contributed by atoms with van der Waals surface area (Å²) in [6.07, 6.45) is 6.05. The summed E-state index contributed by atoms with van der Waals surface area (Å²) in [6.45, 7) is 0.675. The number of aliphatic hydroxyl groups excluding tert-OH is 1. The summed E-state index contributed by atoms with van der Waals surface area (Å²) in [5.41, 5.74) is 3.48. The number of likely N-dealkylation sites (N-methyl/N-ethyl adjacent to an activating group) is 2. The van der Waals surface area contributed by atoms with Gasteiger partial charge >= 0.3 is 0 Å². The van der Waals surface area contributed by atoms with Crippen molar-refractivity contribution in [2.24, 2.45) is 11.8 Å². The fraction of sp³-hybridized carbons (Fsp3) is 0.333. The second kappa shape index (κ2) is 12.9. The van der Waals surface area contributed by atoms with Crippen molar-refractivity contribution in [3.05, 3.63) is 98.7 Å². The van der Waals surface area contributed by atoms with Crippen LogP contribution >= 0.6 is 31.9 Å². The molecule has 4 aliphatic rings. The van der Waals surface area contributed by atoms with Crippen molar-refractivity contribution >= 4 is 76.9 Å². The Balaban J connectivity index is 0.000000161. The minimum absolute atomic E-state index is 0. The Kier molecular flexibility index (Phi) is 8.95. The Morgan fingerprint density at radius 3 is 1.69 bits per heavy atom. The van der Waals surface area contributed by atoms with Gasteiger partial charge in [0.25, 0.3) is 0 Å². The predicted molar refractivity (Wildman–Crippen MR) is 200 cm³/mol. The molecule has 12 heteroatoms. The van der Waals surface area contributed by atoms with E-state index in [2.05, 4.69) is 41.8 Å². The summed E-state index contributed by atoms with van der Waals surface area (Å²) in [4.78, 5) is 37.9. The molecule has 51 heavy (non-hydrogen) atoms. The highest BCUT2D eigenvalue weighted by molar-refractivity contribution is 9.10. The lowest BCUT2D eigenvalue weighted by atomic mass is 9.59. The number of carbonyl (C=O) groups excluding carboxylic acids is 2. The van der Waals surface area contributed by atoms with Crippen molar-refractivity contribution in [3.8, 4) is 5.75 Å². The smallest absolute Gasteiger partial charge is 0.237 e. The molecule has 0 unspecified atom stereocenters. The number of carbonyl (C=O) groups is 2. The molecule has 8 nitrogen and oxygen atoms in total. The van der Waals surface area contributed by atoms with E-state index < -0.39 is 10.8 Å². The van der Waals surface area contributed by atoms with E-state index in [9.17, 15) is 23.5 Å². The molecule has 2 aromatic heterocycles. The summed E-state index contributed by atoms with van der Waals surface area (Å²) in [7, 11) is 3.53. The first-order valence-electron chi connectivity index (χ1n) is 16.4. The van der Waals surface area contributed by atoms with E-state index >= 15 is 0 Å². The van der Waals surface area contributed by atoms with Gasteiger partial charge in [-0.25, -0.2) is 8.78 Å². The number of aliphatic hydroxyl groups is 1. The van der Waals surface area contributed by atoms with Gasteiger partial charge in [-0.1, -0.05) is 25.6 Å². The Hall–Kier alpha value is -4.00. The molecule has 0 atom stereocenters. The summed E-state index contributed by atoms with van der Waals surface area (Å²) >= 11 is 6.49. The normalized spacial score (nSPS) is 24.2. The first-order valence-corrected chi connectivity index (χ1v) is 18.0. The topological polar surface area (TPSA) is 95.9 Å². The summed E-state index contributed by atoms with van der Waals surface area (Å²) in [6, 6.07) is 16.0. The minimum atomic E-state index is -0.587. The molecule has 2 spiro atoms. The maximum Gasteiger partial charge on any atom is 0.237 e. The Morgan fingerprint density at radius 2 is 1.24 bits per heavy atom. The molecule has 3 aromatic carbocycles. The van der Waals surface area contributed by atoms with Crippen molar-refractivity contribution < 1.29 is 28.2 Å². The minimum Gasteiger partial charge on any atom is -0.493 e. The predicted octanol–water partition coefficient (Wildman–Crippen LogP) is 8.23. The molecule has 0 saturated heterocycles. The van der Waals surface area contributed by atoms with Gasteiger partial charge in [0, 0.05) is 54.7 Å². The van der Waals surface area contributed by atoms with Gasteiger partial charge in [-0.05, 0) is 93.6 Å². The van der Waals surface area contributed by atoms with E-state index in [0.29, 0.717) is 45.3 Å². The molecule has 2 aliphatic heterocycles. The third-order valence-corrected chi connectivity index (χ3v) is 12.1. The standard InChI is InChI=1S/C22H18BrFN2O2.C16H14BrFN2O2.CH4/c1-26-19-11-25-18-8-17(24)16(23)7-15(18)20(19)22(21(26)27)9-13(10-22)12-28-14-5-3-2-4-6-14;1-20-13-6-19-12-3-11(18)10(17)2-9(12)14(13)16(15(20)22)4-8(5-16)7-21;/h2-8,11,13H,9-10,12H2,1H3;2-3,6,8,21H,4-5,7H2,1H3;1H4. The molecule has 5 aromatic rings. The van der Waals surface area contributed by atoms with Gasteiger partial charge in [-0.15, -0.1) is 0 Å². The van der Waals surface area contributed by atoms with Crippen LogP contribution in [0.1, 0.15) is 44.2 Å². The largest absolute Gasteiger partial charge is 0.493 e. The third-order valence-electron chi connectivity index (χ3n) is 10.9. The molecule has 2 aliphatic carbocycles. The molecule has 4 heterocycles. The highest BCUT2D eigenvalue weighted by atomic mass is 79.9. The van der Waals surface area contributed by atoms with Crippen LogP contribution in [0, 0.1) is 23.5 Å². The lowest BCUT2D eigenvalue weighted by molar-refractivity contribution is -0.128. The number of amides is 2. The van der Waals surface area contributed by atoms with Gasteiger partial charge in [0.2, 0.25) is 11.8 Å². The zero-order valence-electron chi connectivity index (χ0n) is 27.2. The molecule has 1 N–H and O–H groups in total. The highest BCUT2D eigenvalue weighted by Gasteiger charge is 2.59. The molecule has 9 rings (SSSR count). The van der Waals surface area contributed by atoms with Gasteiger partial charge in [0.15, 0.2) is 0 Å². The molecule has 2 fully saturated rings. The molecular weight excluding hydrogens is 786 g/mol. The van der Waals surface area contributed by atoms with E-state index in [0.717, 1.165) is 51.9 Å². The molecule has 264 valence electrons. The number of halogens is 4. The summed E-state index contributed by atoms with van der Waals surface area (Å²) in [5.74, 6) is 0.705. The van der Waals surface area contributed by atoms with Crippen molar-refractivity contribution in [1.82, 2.24) is 9.97 Å². The Morgan fingerprint density at radius 1 is 0.784 bits per heavy atom. The van der Waals surface area contributed by atoms with Crippen LogP contribution in [0.3, 0.4) is 0 Å². The number of ether oxygens (including phenoxy) is 1. The molecule has 2 saturated carbocycles. The van der Waals surface area contributed by atoms with Crippen molar-refractivity contribution in [2.45, 2.75) is 43.9 Å². The fourth-order valence-electron chi connectivity index (χ4n) is 8.53. The van der Waals surface area contributed by atoms with Crippen LogP contribution in [0.2, 0.25) is 0 Å². The van der Waals surface area contributed by atoms with Gasteiger partial charge in [0.1, 0.15) is 17.4 Å². The maximum atomic E-state index is 14.0. The van der Waals surface area contributed by atoms with Gasteiger partial charge in [-0.3, -0.25) is 19.6 Å². The monoisotopic (exact) mass is 820 g/mol. The van der Waals surface area contributed by atoms with Crippen LogP contribution < -0.4 is 14.5 Å². The summed E-state index contributed by atoms with van der Waals surface area (Å²) < 4.78 is 34.4. The number of fused-ring (bicyclic) bond motifs is 8. The zero-order valence-corrected chi connectivity index (χ0v) is 30.4. The van der Waals surface area contributed by atoms with E-state index in [1.807, 2.05) is 30.3 Å². The number of benzene rings is 3. The third kappa shape index (κ3) is 5.35. The molecular formula is C39H36Br2F2N4O4. The number of pyridine rings is 2. The average Bonchev–Trinajstić information content (AvgIpc) is 3.44. The second-order valence-electron chi connectivity index (χ2n) is 13.9. The lowest BCUT2D eigenvalue weighted by Crippen LogP contribution is -2.50. The van der Waals surface area contributed by atoms with Gasteiger partial charge < -0.3 is 19.6 Å². The van der Waals surface area contributed by atoms with Crippen LogP contribution in [0.15, 0.2) is 75.9 Å². The second-order valence-corrected chi connectivity index (χ2v) is 15.6. The number of anilines is 2. The number of hydrogen-bond donors (Lipinski definition) is 1. The molecule has 0 radical (unpaired) electrons.